The number of aliphatic imine (C=N–C) groups is 1. The minimum absolute atomic E-state index is 0.0616. The van der Waals surface area contributed by atoms with Crippen LogP contribution in [-0.2, 0) is 17.7 Å². The Balaban J connectivity index is 1.62. The van der Waals surface area contributed by atoms with Crippen LogP contribution in [-0.4, -0.2) is 50.8 Å². The molecule has 0 aliphatic carbocycles. The van der Waals surface area contributed by atoms with E-state index in [1.807, 2.05) is 17.4 Å². The smallest absolute Gasteiger partial charge is 0.191 e. The molecule has 1 aliphatic heterocycles. The van der Waals surface area contributed by atoms with Crippen molar-refractivity contribution < 1.29 is 9.13 Å². The van der Waals surface area contributed by atoms with Crippen molar-refractivity contribution in [1.82, 2.24) is 15.5 Å². The molecule has 28 heavy (non-hydrogen) atoms. The summed E-state index contributed by atoms with van der Waals surface area (Å²) >= 11 is 1.82. The summed E-state index contributed by atoms with van der Waals surface area (Å²) in [6.45, 7) is 6.64. The number of hydrogen-bond acceptors (Lipinski definition) is 4. The summed E-state index contributed by atoms with van der Waals surface area (Å²) < 4.78 is 19.3. The molecule has 1 aromatic heterocycles. The van der Waals surface area contributed by atoms with E-state index in [1.165, 1.54) is 15.8 Å². The second kappa shape index (κ2) is 10.5. The molecule has 1 aromatic carbocycles. The number of guanidine groups is 1. The highest BCUT2D eigenvalue weighted by Gasteiger charge is 2.23. The number of aryl methyl sites for hydroxylation is 1. The Morgan fingerprint density at radius 2 is 2.00 bits per heavy atom. The van der Waals surface area contributed by atoms with Crippen molar-refractivity contribution in [2.75, 3.05) is 39.9 Å². The molecular weight excluding hydrogens is 375 g/mol. The molecule has 2 N–H and O–H groups in total. The molecule has 2 heterocycles. The van der Waals surface area contributed by atoms with Gasteiger partial charge in [0.2, 0.25) is 0 Å². The van der Waals surface area contributed by atoms with Gasteiger partial charge in [0.1, 0.15) is 5.82 Å². The molecule has 1 fully saturated rings. The van der Waals surface area contributed by atoms with Gasteiger partial charge in [0.05, 0.1) is 25.8 Å². The second-order valence-electron chi connectivity index (χ2n) is 6.75. The van der Waals surface area contributed by atoms with E-state index in [0.29, 0.717) is 19.8 Å². The number of morpholine rings is 1. The first-order valence-corrected chi connectivity index (χ1v) is 10.6. The predicted molar refractivity (Wildman–Crippen MR) is 113 cm³/mol. The quantitative estimate of drug-likeness (QED) is 0.550. The van der Waals surface area contributed by atoms with Gasteiger partial charge in [-0.3, -0.25) is 9.89 Å². The average molecular weight is 405 g/mol. The van der Waals surface area contributed by atoms with Crippen LogP contribution < -0.4 is 10.6 Å². The first-order chi connectivity index (χ1) is 13.7. The van der Waals surface area contributed by atoms with E-state index in [2.05, 4.69) is 39.6 Å². The Hall–Kier alpha value is -1.96. The highest BCUT2D eigenvalue weighted by atomic mass is 32.1. The third-order valence-electron chi connectivity index (χ3n) is 4.90. The van der Waals surface area contributed by atoms with Crippen LogP contribution in [0.5, 0.6) is 0 Å². The lowest BCUT2D eigenvalue weighted by molar-refractivity contribution is 0.0169. The molecule has 7 heteroatoms. The van der Waals surface area contributed by atoms with Gasteiger partial charge >= 0.3 is 0 Å². The monoisotopic (exact) mass is 404 g/mol. The van der Waals surface area contributed by atoms with Gasteiger partial charge in [-0.15, -0.1) is 11.3 Å². The van der Waals surface area contributed by atoms with Gasteiger partial charge in [0, 0.05) is 36.4 Å². The van der Waals surface area contributed by atoms with Gasteiger partial charge in [0.25, 0.3) is 0 Å². The molecule has 0 amide bonds. The molecule has 0 saturated carbocycles. The lowest BCUT2D eigenvalue weighted by atomic mass is 10.0. The molecule has 0 spiro atoms. The van der Waals surface area contributed by atoms with Gasteiger partial charge in [-0.05, 0) is 36.2 Å². The number of thiophene rings is 1. The summed E-state index contributed by atoms with van der Waals surface area (Å²) in [6.07, 6.45) is 1.06. The molecule has 0 bridgehead atoms. The largest absolute Gasteiger partial charge is 0.379 e. The van der Waals surface area contributed by atoms with Crippen LogP contribution >= 0.6 is 11.3 Å². The minimum atomic E-state index is -0.206. The van der Waals surface area contributed by atoms with E-state index in [-0.39, 0.29) is 11.9 Å². The highest BCUT2D eigenvalue weighted by Crippen LogP contribution is 2.22. The van der Waals surface area contributed by atoms with Crippen molar-refractivity contribution in [2.24, 2.45) is 4.99 Å². The first-order valence-electron chi connectivity index (χ1n) is 9.79. The van der Waals surface area contributed by atoms with E-state index >= 15 is 0 Å². The van der Waals surface area contributed by atoms with Crippen LogP contribution in [0.2, 0.25) is 0 Å². The number of nitrogens with one attached hydrogen (secondary N) is 2. The molecule has 1 unspecified atom stereocenters. The topological polar surface area (TPSA) is 48.9 Å². The highest BCUT2D eigenvalue weighted by molar-refractivity contribution is 7.11. The van der Waals surface area contributed by atoms with Gasteiger partial charge in [-0.2, -0.15) is 0 Å². The van der Waals surface area contributed by atoms with E-state index in [9.17, 15) is 4.39 Å². The number of rotatable bonds is 7. The predicted octanol–water partition coefficient (Wildman–Crippen LogP) is 3.19. The Morgan fingerprint density at radius 1 is 1.21 bits per heavy atom. The van der Waals surface area contributed by atoms with Gasteiger partial charge < -0.3 is 15.4 Å². The Labute approximate surface area is 170 Å². The normalized spacial score (nSPS) is 16.8. The van der Waals surface area contributed by atoms with Crippen LogP contribution in [0.4, 0.5) is 4.39 Å². The van der Waals surface area contributed by atoms with E-state index in [1.54, 1.807) is 19.2 Å². The fourth-order valence-electron chi connectivity index (χ4n) is 3.35. The average Bonchev–Trinajstić information content (AvgIpc) is 3.19. The van der Waals surface area contributed by atoms with Crippen molar-refractivity contribution in [1.29, 1.82) is 0 Å². The van der Waals surface area contributed by atoms with E-state index in [0.717, 1.165) is 37.6 Å². The maximum Gasteiger partial charge on any atom is 0.191 e. The fourth-order valence-corrected chi connectivity index (χ4v) is 4.25. The summed E-state index contributed by atoms with van der Waals surface area (Å²) in [5.41, 5.74) is 0.968. The number of halogens is 1. The molecule has 2 aromatic rings. The zero-order valence-corrected chi connectivity index (χ0v) is 17.4. The fraction of sp³-hybridized carbons (Fsp3) is 0.476. The number of ether oxygens (including phenoxy) is 1. The number of nitrogens with zero attached hydrogens (tertiary/aromatic N) is 2. The lowest BCUT2D eigenvalue weighted by Gasteiger charge is -2.35. The third-order valence-corrected chi connectivity index (χ3v) is 6.13. The Morgan fingerprint density at radius 3 is 2.68 bits per heavy atom. The zero-order chi connectivity index (χ0) is 19.8. The molecule has 3 rings (SSSR count). The van der Waals surface area contributed by atoms with E-state index < -0.39 is 0 Å². The van der Waals surface area contributed by atoms with Gasteiger partial charge in [-0.25, -0.2) is 4.39 Å². The van der Waals surface area contributed by atoms with Crippen molar-refractivity contribution in [3.8, 4) is 0 Å². The molecule has 1 atom stereocenters. The maximum absolute atomic E-state index is 13.8. The second-order valence-corrected chi connectivity index (χ2v) is 8.00. The number of benzene rings is 1. The van der Waals surface area contributed by atoms with Crippen LogP contribution in [0.15, 0.2) is 41.4 Å². The number of hydrogen-bond donors (Lipinski definition) is 2. The summed E-state index contributed by atoms with van der Waals surface area (Å²) in [7, 11) is 1.77. The van der Waals surface area contributed by atoms with Crippen molar-refractivity contribution in [3.63, 3.8) is 0 Å². The van der Waals surface area contributed by atoms with Crippen molar-refractivity contribution in [2.45, 2.75) is 25.9 Å². The van der Waals surface area contributed by atoms with Crippen LogP contribution in [0, 0.1) is 5.82 Å². The van der Waals surface area contributed by atoms with Crippen LogP contribution in [0.25, 0.3) is 0 Å². The van der Waals surface area contributed by atoms with Crippen molar-refractivity contribution >= 4 is 17.3 Å². The maximum atomic E-state index is 13.8. The lowest BCUT2D eigenvalue weighted by Crippen LogP contribution is -2.46. The first kappa shape index (κ1) is 20.8. The molecule has 1 saturated heterocycles. The SMILES string of the molecule is CCc1ccc(CNC(=NC)NCC(c2cccc(F)c2)N2CCOCC2)s1. The molecular formula is C21H29FN4OS. The van der Waals surface area contributed by atoms with Gasteiger partial charge in [0.15, 0.2) is 5.96 Å². The molecule has 5 nitrogen and oxygen atoms in total. The summed E-state index contributed by atoms with van der Waals surface area (Å²) in [5, 5.41) is 6.79. The van der Waals surface area contributed by atoms with Crippen LogP contribution in [0.1, 0.15) is 28.3 Å². The van der Waals surface area contributed by atoms with Crippen LogP contribution in [0.3, 0.4) is 0 Å². The zero-order valence-electron chi connectivity index (χ0n) is 16.6. The summed E-state index contributed by atoms with van der Waals surface area (Å²) in [5.74, 6) is 0.545. The summed E-state index contributed by atoms with van der Waals surface area (Å²) in [4.78, 5) is 9.35. The Kier molecular flexibility index (Phi) is 7.82. The van der Waals surface area contributed by atoms with E-state index in [4.69, 9.17) is 4.74 Å². The molecule has 152 valence electrons. The molecule has 0 radical (unpaired) electrons. The Bertz CT molecular complexity index is 773. The standard InChI is InChI=1S/C21H29FN4OS/c1-3-18-7-8-19(28-18)14-24-21(23-2)25-15-20(26-9-11-27-12-10-26)16-5-4-6-17(22)13-16/h4-8,13,20H,3,9-12,14-15H2,1-2H3,(H2,23,24,25). The van der Waals surface area contributed by atoms with Crippen molar-refractivity contribution in [3.05, 3.63) is 57.5 Å². The summed E-state index contributed by atoms with van der Waals surface area (Å²) in [6, 6.07) is 11.3. The van der Waals surface area contributed by atoms with Gasteiger partial charge in [-0.1, -0.05) is 19.1 Å². The minimum Gasteiger partial charge on any atom is -0.379 e. The molecule has 1 aliphatic rings. The third kappa shape index (κ3) is 5.77.